The average molecular weight is 529 g/mol. The Balaban J connectivity index is 1.71. The smallest absolute Gasteiger partial charge is 0.173 e. The van der Waals surface area contributed by atoms with Gasteiger partial charge in [-0.3, -0.25) is 9.59 Å². The molecule has 0 amide bonds. The number of hydrogen-bond donors (Lipinski definition) is 6. The van der Waals surface area contributed by atoms with Crippen molar-refractivity contribution in [2.45, 2.75) is 12.2 Å². The van der Waals surface area contributed by atoms with Crippen molar-refractivity contribution in [1.82, 2.24) is 0 Å². The number of carbonyl (C=O) groups excluding carboxylic acids is 2. The SMILES string of the molecule is O=C(c1ccc(O)cc1O)[C@@H]1[C@H](C(=O)c2ccc(O)cc2O)[C@H](c2ccc(O)cc2)O[C@H]1c1ccc(O)cc1. The molecular weight excluding hydrogens is 504 g/mol. The zero-order chi connectivity index (χ0) is 27.8. The van der Waals surface area contributed by atoms with Crippen LogP contribution in [0.25, 0.3) is 0 Å². The molecule has 9 heteroatoms. The molecule has 1 fully saturated rings. The van der Waals surface area contributed by atoms with E-state index < -0.39 is 47.1 Å². The third-order valence-corrected chi connectivity index (χ3v) is 6.87. The van der Waals surface area contributed by atoms with Gasteiger partial charge in [0.15, 0.2) is 11.6 Å². The lowest BCUT2D eigenvalue weighted by Crippen LogP contribution is -2.31. The molecule has 0 spiro atoms. The van der Waals surface area contributed by atoms with E-state index in [1.54, 1.807) is 24.3 Å². The predicted molar refractivity (Wildman–Crippen MR) is 138 cm³/mol. The van der Waals surface area contributed by atoms with Gasteiger partial charge in [0.2, 0.25) is 0 Å². The Morgan fingerprint density at radius 2 is 0.821 bits per heavy atom. The minimum Gasteiger partial charge on any atom is -0.508 e. The fourth-order valence-corrected chi connectivity index (χ4v) is 5.02. The molecule has 1 saturated heterocycles. The van der Waals surface area contributed by atoms with Gasteiger partial charge in [0.1, 0.15) is 34.5 Å². The maximum absolute atomic E-state index is 14.1. The van der Waals surface area contributed by atoms with Crippen molar-refractivity contribution in [3.63, 3.8) is 0 Å². The molecular formula is C30H24O9. The standard InChI is InChI=1S/C30H24O9/c31-17-5-1-15(2-6-17)29-25(27(37)21-11-9-19(33)13-23(21)35)26(28(38)22-12-10-20(34)14-24(22)36)30(39-29)16-3-7-18(32)8-4-16/h1-14,25-26,29-36H/t25-,26+,29-,30-/m0/s1. The van der Waals surface area contributed by atoms with Gasteiger partial charge >= 0.3 is 0 Å². The third-order valence-electron chi connectivity index (χ3n) is 6.87. The van der Waals surface area contributed by atoms with Crippen molar-refractivity contribution in [3.8, 4) is 34.5 Å². The van der Waals surface area contributed by atoms with E-state index in [4.69, 9.17) is 4.74 Å². The van der Waals surface area contributed by atoms with Gasteiger partial charge in [0.25, 0.3) is 0 Å². The molecule has 1 aliphatic rings. The number of benzene rings is 4. The summed E-state index contributed by atoms with van der Waals surface area (Å²) in [5.74, 6) is -5.30. The van der Waals surface area contributed by atoms with Gasteiger partial charge in [-0.2, -0.15) is 0 Å². The average Bonchev–Trinajstić information content (AvgIpc) is 3.29. The summed E-state index contributed by atoms with van der Waals surface area (Å²) in [6.45, 7) is 0. The molecule has 0 unspecified atom stereocenters. The number of ether oxygens (including phenoxy) is 1. The monoisotopic (exact) mass is 528 g/mol. The van der Waals surface area contributed by atoms with E-state index in [2.05, 4.69) is 0 Å². The van der Waals surface area contributed by atoms with E-state index in [0.29, 0.717) is 11.1 Å². The van der Waals surface area contributed by atoms with Gasteiger partial charge in [-0.15, -0.1) is 0 Å². The van der Waals surface area contributed by atoms with Crippen molar-refractivity contribution >= 4 is 11.6 Å². The highest BCUT2D eigenvalue weighted by molar-refractivity contribution is 6.08. The Morgan fingerprint density at radius 3 is 1.15 bits per heavy atom. The van der Waals surface area contributed by atoms with Crippen LogP contribution in [0.5, 0.6) is 34.5 Å². The van der Waals surface area contributed by atoms with Crippen LogP contribution in [0.15, 0.2) is 84.9 Å². The fraction of sp³-hybridized carbons (Fsp3) is 0.133. The Hall–Kier alpha value is -5.02. The maximum Gasteiger partial charge on any atom is 0.173 e. The number of rotatable bonds is 6. The third kappa shape index (κ3) is 4.83. The first-order valence-corrected chi connectivity index (χ1v) is 12.0. The summed E-state index contributed by atoms with van der Waals surface area (Å²) in [5, 5.41) is 60.2. The Bertz CT molecular complexity index is 1430. The van der Waals surface area contributed by atoms with Crippen LogP contribution in [0.4, 0.5) is 0 Å². The molecule has 9 nitrogen and oxygen atoms in total. The van der Waals surface area contributed by atoms with E-state index in [-0.39, 0.29) is 34.1 Å². The zero-order valence-electron chi connectivity index (χ0n) is 20.3. The van der Waals surface area contributed by atoms with Crippen molar-refractivity contribution in [3.05, 3.63) is 107 Å². The van der Waals surface area contributed by atoms with Crippen molar-refractivity contribution in [2.75, 3.05) is 0 Å². The molecule has 0 aromatic heterocycles. The van der Waals surface area contributed by atoms with Crippen molar-refractivity contribution in [1.29, 1.82) is 0 Å². The Morgan fingerprint density at radius 1 is 0.487 bits per heavy atom. The molecule has 39 heavy (non-hydrogen) atoms. The van der Waals surface area contributed by atoms with Crippen LogP contribution in [0.1, 0.15) is 44.1 Å². The van der Waals surface area contributed by atoms with Crippen LogP contribution in [-0.2, 0) is 4.74 Å². The summed E-state index contributed by atoms with van der Waals surface area (Å²) in [6, 6.07) is 18.8. The van der Waals surface area contributed by atoms with Crippen molar-refractivity contribution in [2.24, 2.45) is 11.8 Å². The lowest BCUT2D eigenvalue weighted by Gasteiger charge is -2.23. The minimum absolute atomic E-state index is 0.0208. The summed E-state index contributed by atoms with van der Waals surface area (Å²) in [6.07, 6.45) is -2.06. The van der Waals surface area contributed by atoms with Crippen LogP contribution >= 0.6 is 0 Å². The molecule has 0 aliphatic carbocycles. The van der Waals surface area contributed by atoms with Crippen molar-refractivity contribution < 1.29 is 45.0 Å². The highest BCUT2D eigenvalue weighted by atomic mass is 16.5. The van der Waals surface area contributed by atoms with Crippen LogP contribution < -0.4 is 0 Å². The van der Waals surface area contributed by atoms with E-state index in [1.807, 2.05) is 0 Å². The molecule has 4 aromatic carbocycles. The van der Waals surface area contributed by atoms with Gasteiger partial charge in [0.05, 0.1) is 35.2 Å². The molecule has 0 bridgehead atoms. The molecule has 4 atom stereocenters. The number of carbonyl (C=O) groups is 2. The molecule has 5 rings (SSSR count). The Labute approximate surface area is 222 Å². The number of phenols is 6. The van der Waals surface area contributed by atoms with E-state index in [0.717, 1.165) is 12.1 Å². The van der Waals surface area contributed by atoms with Crippen LogP contribution in [0, 0.1) is 11.8 Å². The highest BCUT2D eigenvalue weighted by Gasteiger charge is 2.53. The molecule has 6 N–H and O–H groups in total. The Kier molecular flexibility index (Phi) is 6.59. The second-order valence-electron chi connectivity index (χ2n) is 9.34. The predicted octanol–water partition coefficient (Wildman–Crippen LogP) is 4.73. The van der Waals surface area contributed by atoms with Crippen LogP contribution in [0.3, 0.4) is 0 Å². The first kappa shape index (κ1) is 25.6. The lowest BCUT2D eigenvalue weighted by atomic mass is 9.74. The van der Waals surface area contributed by atoms with E-state index >= 15 is 0 Å². The number of aromatic hydroxyl groups is 6. The normalized spacial score (nSPS) is 20.5. The van der Waals surface area contributed by atoms with Gasteiger partial charge in [-0.25, -0.2) is 0 Å². The minimum atomic E-state index is -1.23. The van der Waals surface area contributed by atoms with Crippen LogP contribution in [-0.4, -0.2) is 42.2 Å². The molecule has 0 radical (unpaired) electrons. The summed E-state index contributed by atoms with van der Waals surface area (Å²) < 4.78 is 6.38. The topological polar surface area (TPSA) is 165 Å². The summed E-state index contributed by atoms with van der Waals surface area (Å²) in [7, 11) is 0. The fourth-order valence-electron chi connectivity index (χ4n) is 5.02. The molecule has 1 heterocycles. The number of phenolic OH excluding ortho intramolecular Hbond substituents is 6. The number of hydrogen-bond acceptors (Lipinski definition) is 9. The van der Waals surface area contributed by atoms with Gasteiger partial charge < -0.3 is 35.4 Å². The second-order valence-corrected chi connectivity index (χ2v) is 9.34. The van der Waals surface area contributed by atoms with Gasteiger partial charge in [-0.05, 0) is 59.7 Å². The van der Waals surface area contributed by atoms with E-state index in [9.17, 15) is 40.2 Å². The summed E-state index contributed by atoms with van der Waals surface area (Å²) in [4.78, 5) is 28.2. The van der Waals surface area contributed by atoms with Gasteiger partial charge in [0, 0.05) is 12.1 Å². The van der Waals surface area contributed by atoms with E-state index in [1.165, 1.54) is 48.5 Å². The molecule has 0 saturated carbocycles. The number of ketones is 2. The summed E-state index contributed by atoms with van der Waals surface area (Å²) >= 11 is 0. The quantitative estimate of drug-likeness (QED) is 0.194. The lowest BCUT2D eigenvalue weighted by molar-refractivity contribution is 0.0266. The molecule has 4 aromatic rings. The van der Waals surface area contributed by atoms with Gasteiger partial charge in [-0.1, -0.05) is 24.3 Å². The highest BCUT2D eigenvalue weighted by Crippen LogP contribution is 2.53. The largest absolute Gasteiger partial charge is 0.508 e. The molecule has 198 valence electrons. The van der Waals surface area contributed by atoms with Crippen LogP contribution in [0.2, 0.25) is 0 Å². The maximum atomic E-state index is 14.1. The zero-order valence-corrected chi connectivity index (χ0v) is 20.3. The summed E-state index contributed by atoms with van der Waals surface area (Å²) in [5.41, 5.74) is 0.644. The number of Topliss-reactive ketones (excluding diaryl/α,β-unsaturated/α-hetero) is 2. The first-order valence-electron chi connectivity index (χ1n) is 12.0. The molecule has 1 aliphatic heterocycles. The first-order chi connectivity index (χ1) is 18.6. The second kappa shape index (κ2) is 10.0.